The standard InChI is InChI=1S/C21H15Cl2FN4O2S/c1-2-7-28-20(18-9-12-8-13(22)3-6-17(12)30-18)26-27-21(28)31-11-19(29)25-14-4-5-16(24)15(23)10-14/h2-6,8-10H,1,7,11H2,(H,25,29). The second-order valence-electron chi connectivity index (χ2n) is 6.46. The maximum Gasteiger partial charge on any atom is 0.234 e. The zero-order valence-electron chi connectivity index (χ0n) is 15.9. The molecule has 4 aromatic rings. The number of hydrogen-bond acceptors (Lipinski definition) is 5. The van der Waals surface area contributed by atoms with Crippen LogP contribution in [-0.4, -0.2) is 26.4 Å². The Morgan fingerprint density at radius 3 is 2.84 bits per heavy atom. The monoisotopic (exact) mass is 476 g/mol. The van der Waals surface area contributed by atoms with Gasteiger partial charge in [0, 0.05) is 22.6 Å². The quantitative estimate of drug-likeness (QED) is 0.259. The lowest BCUT2D eigenvalue weighted by molar-refractivity contribution is -0.113. The number of carbonyl (C=O) groups excluding carboxylic acids is 1. The zero-order chi connectivity index (χ0) is 22.0. The number of fused-ring (bicyclic) bond motifs is 1. The van der Waals surface area contributed by atoms with E-state index in [1.165, 1.54) is 30.0 Å². The highest BCUT2D eigenvalue weighted by Crippen LogP contribution is 2.31. The molecule has 0 unspecified atom stereocenters. The largest absolute Gasteiger partial charge is 0.453 e. The van der Waals surface area contributed by atoms with Crippen LogP contribution in [0.5, 0.6) is 0 Å². The van der Waals surface area contributed by atoms with Gasteiger partial charge in [0.1, 0.15) is 11.4 Å². The molecule has 1 amide bonds. The molecule has 0 saturated heterocycles. The Morgan fingerprint density at radius 1 is 1.23 bits per heavy atom. The van der Waals surface area contributed by atoms with Gasteiger partial charge in [0.25, 0.3) is 0 Å². The van der Waals surface area contributed by atoms with Crippen molar-refractivity contribution < 1.29 is 13.6 Å². The van der Waals surface area contributed by atoms with Crippen LogP contribution in [-0.2, 0) is 11.3 Å². The summed E-state index contributed by atoms with van der Waals surface area (Å²) in [5.74, 6) is 0.275. The molecule has 10 heteroatoms. The number of thioether (sulfide) groups is 1. The highest BCUT2D eigenvalue weighted by Gasteiger charge is 2.18. The summed E-state index contributed by atoms with van der Waals surface area (Å²) in [4.78, 5) is 12.3. The molecule has 0 aliphatic rings. The van der Waals surface area contributed by atoms with Gasteiger partial charge in [0.15, 0.2) is 10.9 Å². The number of allylic oxidation sites excluding steroid dienone is 1. The minimum atomic E-state index is -0.549. The van der Waals surface area contributed by atoms with E-state index in [4.69, 9.17) is 27.6 Å². The van der Waals surface area contributed by atoms with Crippen LogP contribution < -0.4 is 5.32 Å². The van der Waals surface area contributed by atoms with Crippen LogP contribution in [0.3, 0.4) is 0 Å². The number of furan rings is 1. The number of amides is 1. The van der Waals surface area contributed by atoms with Crippen molar-refractivity contribution in [1.29, 1.82) is 0 Å². The van der Waals surface area contributed by atoms with Crippen LogP contribution >= 0.6 is 35.0 Å². The van der Waals surface area contributed by atoms with E-state index in [9.17, 15) is 9.18 Å². The number of anilines is 1. The molecule has 0 atom stereocenters. The van der Waals surface area contributed by atoms with Gasteiger partial charge in [-0.25, -0.2) is 4.39 Å². The first kappa shape index (κ1) is 21.4. The number of halogens is 3. The van der Waals surface area contributed by atoms with Crippen molar-refractivity contribution in [3.05, 3.63) is 71.0 Å². The van der Waals surface area contributed by atoms with Gasteiger partial charge < -0.3 is 9.73 Å². The van der Waals surface area contributed by atoms with Crippen molar-refractivity contribution in [2.45, 2.75) is 11.7 Å². The summed E-state index contributed by atoms with van der Waals surface area (Å²) < 4.78 is 21.0. The Morgan fingerprint density at radius 2 is 2.06 bits per heavy atom. The fraction of sp³-hybridized carbons (Fsp3) is 0.0952. The van der Waals surface area contributed by atoms with E-state index in [-0.39, 0.29) is 16.7 Å². The molecule has 0 spiro atoms. The Kier molecular flexibility index (Phi) is 6.31. The topological polar surface area (TPSA) is 73.0 Å². The van der Waals surface area contributed by atoms with Crippen molar-refractivity contribution >= 4 is 57.5 Å². The first-order valence-electron chi connectivity index (χ1n) is 9.06. The smallest absolute Gasteiger partial charge is 0.234 e. The molecule has 0 saturated carbocycles. The summed E-state index contributed by atoms with van der Waals surface area (Å²) in [6.45, 7) is 4.20. The molecule has 0 radical (unpaired) electrons. The maximum atomic E-state index is 13.3. The lowest BCUT2D eigenvalue weighted by atomic mass is 10.2. The molecule has 0 aliphatic carbocycles. The minimum absolute atomic E-state index is 0.0621. The number of benzene rings is 2. The molecule has 0 fully saturated rings. The van der Waals surface area contributed by atoms with Gasteiger partial charge in [-0.1, -0.05) is 41.0 Å². The van der Waals surface area contributed by atoms with E-state index in [1.54, 1.807) is 28.8 Å². The number of aromatic nitrogens is 3. The average molecular weight is 477 g/mol. The van der Waals surface area contributed by atoms with E-state index >= 15 is 0 Å². The third-order valence-corrected chi connectivity index (χ3v) is 5.75. The van der Waals surface area contributed by atoms with Crippen LogP contribution in [0.25, 0.3) is 22.6 Å². The zero-order valence-corrected chi connectivity index (χ0v) is 18.3. The Balaban J connectivity index is 1.52. The second-order valence-corrected chi connectivity index (χ2v) is 8.25. The Hall–Kier alpha value is -2.81. The fourth-order valence-corrected chi connectivity index (χ4v) is 4.01. The Bertz CT molecular complexity index is 1290. The van der Waals surface area contributed by atoms with Crippen molar-refractivity contribution in [2.75, 3.05) is 11.1 Å². The summed E-state index contributed by atoms with van der Waals surface area (Å²) in [5.41, 5.74) is 1.09. The van der Waals surface area contributed by atoms with Crippen molar-refractivity contribution in [3.8, 4) is 11.6 Å². The lowest BCUT2D eigenvalue weighted by Crippen LogP contribution is -2.14. The third kappa shape index (κ3) is 4.76. The SMILES string of the molecule is C=CCn1c(SCC(=O)Nc2ccc(F)c(Cl)c2)nnc1-c1cc2cc(Cl)ccc2o1. The summed E-state index contributed by atoms with van der Waals surface area (Å²) in [7, 11) is 0. The normalized spacial score (nSPS) is 11.1. The summed E-state index contributed by atoms with van der Waals surface area (Å²) in [5, 5.41) is 13.0. The summed E-state index contributed by atoms with van der Waals surface area (Å²) >= 11 is 13.0. The van der Waals surface area contributed by atoms with Gasteiger partial charge in [0.2, 0.25) is 11.7 Å². The number of nitrogens with zero attached hydrogens (tertiary/aromatic N) is 3. The molecule has 1 N–H and O–H groups in total. The number of hydrogen-bond donors (Lipinski definition) is 1. The summed E-state index contributed by atoms with van der Waals surface area (Å²) in [6, 6.07) is 11.2. The number of carbonyl (C=O) groups is 1. The highest BCUT2D eigenvalue weighted by atomic mass is 35.5. The van der Waals surface area contributed by atoms with Gasteiger partial charge >= 0.3 is 0 Å². The molecular formula is C21H15Cl2FN4O2S. The van der Waals surface area contributed by atoms with Crippen LogP contribution in [0.4, 0.5) is 10.1 Å². The molecule has 2 aromatic carbocycles. The molecule has 0 aliphatic heterocycles. The predicted octanol–water partition coefficient (Wildman–Crippen LogP) is 6.05. The second kappa shape index (κ2) is 9.13. The van der Waals surface area contributed by atoms with Crippen molar-refractivity contribution in [2.24, 2.45) is 0 Å². The molecule has 158 valence electrons. The van der Waals surface area contributed by atoms with Gasteiger partial charge in [-0.3, -0.25) is 9.36 Å². The maximum absolute atomic E-state index is 13.3. The van der Waals surface area contributed by atoms with Crippen LogP contribution in [0.2, 0.25) is 10.0 Å². The number of nitrogens with one attached hydrogen (secondary N) is 1. The molecule has 31 heavy (non-hydrogen) atoms. The van der Waals surface area contributed by atoms with Crippen LogP contribution in [0.1, 0.15) is 0 Å². The van der Waals surface area contributed by atoms with Crippen molar-refractivity contribution in [3.63, 3.8) is 0 Å². The summed E-state index contributed by atoms with van der Waals surface area (Å²) in [6.07, 6.45) is 1.71. The van der Waals surface area contributed by atoms with Crippen LogP contribution in [0, 0.1) is 5.82 Å². The fourth-order valence-electron chi connectivity index (χ4n) is 2.90. The minimum Gasteiger partial charge on any atom is -0.453 e. The van der Waals surface area contributed by atoms with E-state index in [0.29, 0.717) is 39.6 Å². The molecule has 0 bridgehead atoms. The van der Waals surface area contributed by atoms with E-state index in [1.807, 2.05) is 6.07 Å². The van der Waals surface area contributed by atoms with Gasteiger partial charge in [-0.05, 0) is 42.5 Å². The van der Waals surface area contributed by atoms with Gasteiger partial charge in [-0.2, -0.15) is 0 Å². The molecule has 2 heterocycles. The van der Waals surface area contributed by atoms with Gasteiger partial charge in [-0.15, -0.1) is 16.8 Å². The highest BCUT2D eigenvalue weighted by molar-refractivity contribution is 7.99. The first-order valence-corrected chi connectivity index (χ1v) is 10.8. The van der Waals surface area contributed by atoms with E-state index in [0.717, 1.165) is 5.39 Å². The van der Waals surface area contributed by atoms with Gasteiger partial charge in [0.05, 0.1) is 10.8 Å². The molecule has 4 rings (SSSR count). The predicted molar refractivity (Wildman–Crippen MR) is 121 cm³/mol. The molecular weight excluding hydrogens is 462 g/mol. The molecule has 2 aromatic heterocycles. The van der Waals surface area contributed by atoms with E-state index in [2.05, 4.69) is 22.1 Å². The lowest BCUT2D eigenvalue weighted by Gasteiger charge is -2.07. The Labute approximate surface area is 191 Å². The molecule has 6 nitrogen and oxygen atoms in total. The first-order chi connectivity index (χ1) is 14.9. The third-order valence-electron chi connectivity index (χ3n) is 4.26. The van der Waals surface area contributed by atoms with Crippen LogP contribution in [0.15, 0.2) is 64.7 Å². The average Bonchev–Trinajstić information content (AvgIpc) is 3.33. The number of rotatable bonds is 7. The van der Waals surface area contributed by atoms with Crippen molar-refractivity contribution in [1.82, 2.24) is 14.8 Å². The van der Waals surface area contributed by atoms with E-state index < -0.39 is 5.82 Å².